The Labute approximate surface area is 143 Å². The lowest BCUT2D eigenvalue weighted by Crippen LogP contribution is -2.13. The number of nitriles is 1. The van der Waals surface area contributed by atoms with Gasteiger partial charge in [-0.2, -0.15) is 5.26 Å². The molecule has 0 radical (unpaired) electrons. The molecule has 0 saturated carbocycles. The van der Waals surface area contributed by atoms with Crippen LogP contribution in [0.25, 0.3) is 12.2 Å². The zero-order valence-corrected chi connectivity index (χ0v) is 13.5. The normalized spacial score (nSPS) is 14.6. The van der Waals surface area contributed by atoms with Crippen LogP contribution in [0.15, 0.2) is 58.3 Å². The first-order valence-corrected chi connectivity index (χ1v) is 8.69. The Kier molecular flexibility index (Phi) is 4.21. The van der Waals surface area contributed by atoms with Crippen LogP contribution in [0.3, 0.4) is 0 Å². The summed E-state index contributed by atoms with van der Waals surface area (Å²) in [6, 6.07) is 11.6. The van der Waals surface area contributed by atoms with E-state index in [0.29, 0.717) is 11.1 Å². The average Bonchev–Trinajstić information content (AvgIpc) is 2.89. The fourth-order valence-corrected chi connectivity index (χ4v) is 3.53. The predicted molar refractivity (Wildman–Crippen MR) is 91.3 cm³/mol. The van der Waals surface area contributed by atoms with Crippen molar-refractivity contribution in [3.8, 4) is 6.07 Å². The second kappa shape index (κ2) is 6.34. The number of nitrogens with one attached hydrogen (secondary N) is 1. The topological polar surface area (TPSA) is 87.0 Å². The standard InChI is InChI=1S/C18H11FN2O3S/c19-15-4-1-12(2-5-15)9-14(11-20)18(22)21-16-6-3-13-7-8-25(23,24)17(13)10-16/h1-10H,(H,21,22). The van der Waals surface area contributed by atoms with Gasteiger partial charge in [0, 0.05) is 11.1 Å². The van der Waals surface area contributed by atoms with Crippen LogP contribution in [-0.2, 0) is 14.6 Å². The molecule has 0 fully saturated rings. The van der Waals surface area contributed by atoms with Gasteiger partial charge in [-0.05, 0) is 47.5 Å². The fraction of sp³-hybridized carbons (Fsp3) is 0. The zero-order valence-electron chi connectivity index (χ0n) is 12.7. The van der Waals surface area contributed by atoms with Crippen molar-refractivity contribution in [2.45, 2.75) is 4.90 Å². The molecule has 0 unspecified atom stereocenters. The maximum Gasteiger partial charge on any atom is 0.266 e. The van der Waals surface area contributed by atoms with Gasteiger partial charge in [0.2, 0.25) is 9.84 Å². The van der Waals surface area contributed by atoms with Crippen molar-refractivity contribution in [1.82, 2.24) is 0 Å². The highest BCUT2D eigenvalue weighted by atomic mass is 32.2. The van der Waals surface area contributed by atoms with Crippen LogP contribution >= 0.6 is 0 Å². The van der Waals surface area contributed by atoms with E-state index in [1.54, 1.807) is 18.2 Å². The molecule has 1 aliphatic rings. The van der Waals surface area contributed by atoms with Gasteiger partial charge in [0.05, 0.1) is 4.90 Å². The average molecular weight is 354 g/mol. The van der Waals surface area contributed by atoms with Gasteiger partial charge in [0.25, 0.3) is 5.91 Å². The molecule has 3 rings (SSSR count). The molecule has 2 aromatic carbocycles. The zero-order chi connectivity index (χ0) is 18.0. The van der Waals surface area contributed by atoms with Crippen LogP contribution in [0.5, 0.6) is 0 Å². The summed E-state index contributed by atoms with van der Waals surface area (Å²) in [5, 5.41) is 12.8. The van der Waals surface area contributed by atoms with Crippen molar-refractivity contribution >= 4 is 33.6 Å². The van der Waals surface area contributed by atoms with Gasteiger partial charge in [-0.1, -0.05) is 18.2 Å². The molecule has 0 atom stereocenters. The summed E-state index contributed by atoms with van der Waals surface area (Å²) >= 11 is 0. The Morgan fingerprint density at radius 1 is 1.16 bits per heavy atom. The number of carbonyl (C=O) groups is 1. The van der Waals surface area contributed by atoms with E-state index in [2.05, 4.69) is 5.32 Å². The first-order chi connectivity index (χ1) is 11.9. The molecular weight excluding hydrogens is 343 g/mol. The van der Waals surface area contributed by atoms with Crippen molar-refractivity contribution in [1.29, 1.82) is 5.26 Å². The van der Waals surface area contributed by atoms with Gasteiger partial charge < -0.3 is 5.32 Å². The highest BCUT2D eigenvalue weighted by Crippen LogP contribution is 2.29. The number of halogens is 1. The summed E-state index contributed by atoms with van der Waals surface area (Å²) in [7, 11) is -3.49. The third-order valence-corrected chi connectivity index (χ3v) is 5.01. The van der Waals surface area contributed by atoms with Crippen molar-refractivity contribution in [3.63, 3.8) is 0 Å². The highest BCUT2D eigenvalue weighted by Gasteiger charge is 2.21. The molecule has 1 aliphatic heterocycles. The second-order valence-corrected chi connectivity index (χ2v) is 7.08. The first kappa shape index (κ1) is 16.6. The van der Waals surface area contributed by atoms with Crippen LogP contribution in [0, 0.1) is 17.1 Å². The number of hydrogen-bond donors (Lipinski definition) is 1. The minimum atomic E-state index is -3.49. The lowest BCUT2D eigenvalue weighted by atomic mass is 10.1. The van der Waals surface area contributed by atoms with Crippen molar-refractivity contribution in [3.05, 3.63) is 70.4 Å². The molecule has 25 heavy (non-hydrogen) atoms. The summed E-state index contributed by atoms with van der Waals surface area (Å²) < 4.78 is 36.6. The van der Waals surface area contributed by atoms with Gasteiger partial charge in [-0.25, -0.2) is 12.8 Å². The Bertz CT molecular complexity index is 1060. The van der Waals surface area contributed by atoms with E-state index in [-0.39, 0.29) is 16.2 Å². The maximum absolute atomic E-state index is 12.9. The Balaban J connectivity index is 1.84. The second-order valence-electron chi connectivity index (χ2n) is 5.28. The lowest BCUT2D eigenvalue weighted by Gasteiger charge is -2.06. The van der Waals surface area contributed by atoms with E-state index in [9.17, 15) is 17.6 Å². The Morgan fingerprint density at radius 2 is 1.88 bits per heavy atom. The number of anilines is 1. The molecule has 7 heteroatoms. The number of hydrogen-bond acceptors (Lipinski definition) is 4. The summed E-state index contributed by atoms with van der Waals surface area (Å²) in [5.74, 6) is -1.11. The summed E-state index contributed by atoms with van der Waals surface area (Å²) in [5.41, 5.74) is 1.11. The van der Waals surface area contributed by atoms with Crippen LogP contribution in [0.2, 0.25) is 0 Å². The van der Waals surface area contributed by atoms with Crippen LogP contribution in [-0.4, -0.2) is 14.3 Å². The Morgan fingerprint density at radius 3 is 2.56 bits per heavy atom. The lowest BCUT2D eigenvalue weighted by molar-refractivity contribution is -0.112. The van der Waals surface area contributed by atoms with Crippen molar-refractivity contribution < 1.29 is 17.6 Å². The van der Waals surface area contributed by atoms with Gasteiger partial charge in [0.1, 0.15) is 17.5 Å². The third-order valence-electron chi connectivity index (χ3n) is 3.55. The molecule has 0 aromatic heterocycles. The van der Waals surface area contributed by atoms with E-state index in [1.165, 1.54) is 42.5 Å². The smallest absolute Gasteiger partial charge is 0.266 e. The van der Waals surface area contributed by atoms with Crippen LogP contribution in [0.1, 0.15) is 11.1 Å². The minimum Gasteiger partial charge on any atom is -0.321 e. The molecule has 0 spiro atoms. The number of rotatable bonds is 3. The summed E-state index contributed by atoms with van der Waals surface area (Å²) in [6.45, 7) is 0. The van der Waals surface area contributed by atoms with Gasteiger partial charge in [-0.3, -0.25) is 4.79 Å². The van der Waals surface area contributed by atoms with Crippen molar-refractivity contribution in [2.75, 3.05) is 5.32 Å². The van der Waals surface area contributed by atoms with E-state index in [4.69, 9.17) is 5.26 Å². The molecule has 0 bridgehead atoms. The number of sulfone groups is 1. The number of benzene rings is 2. The number of fused-ring (bicyclic) bond motifs is 1. The number of carbonyl (C=O) groups excluding carboxylic acids is 1. The van der Waals surface area contributed by atoms with E-state index in [0.717, 1.165) is 5.41 Å². The number of amides is 1. The van der Waals surface area contributed by atoms with E-state index >= 15 is 0 Å². The van der Waals surface area contributed by atoms with Gasteiger partial charge >= 0.3 is 0 Å². The minimum absolute atomic E-state index is 0.103. The molecule has 2 aromatic rings. The SMILES string of the molecule is N#CC(=Cc1ccc(F)cc1)C(=O)Nc1ccc2c(c1)S(=O)(=O)C=C2. The largest absolute Gasteiger partial charge is 0.321 e. The van der Waals surface area contributed by atoms with Gasteiger partial charge in [0.15, 0.2) is 0 Å². The molecule has 124 valence electrons. The third kappa shape index (κ3) is 3.49. The van der Waals surface area contributed by atoms with Crippen LogP contribution in [0.4, 0.5) is 10.1 Å². The van der Waals surface area contributed by atoms with E-state index in [1.807, 2.05) is 0 Å². The van der Waals surface area contributed by atoms with E-state index < -0.39 is 21.6 Å². The van der Waals surface area contributed by atoms with Gasteiger partial charge in [-0.15, -0.1) is 0 Å². The molecule has 1 amide bonds. The molecular formula is C18H11FN2O3S. The summed E-state index contributed by atoms with van der Waals surface area (Å²) in [4.78, 5) is 12.3. The molecule has 1 heterocycles. The first-order valence-electron chi connectivity index (χ1n) is 7.15. The maximum atomic E-state index is 12.9. The molecule has 0 aliphatic carbocycles. The fourth-order valence-electron chi connectivity index (χ4n) is 2.31. The van der Waals surface area contributed by atoms with Crippen LogP contribution < -0.4 is 5.32 Å². The molecule has 1 N–H and O–H groups in total. The molecule has 5 nitrogen and oxygen atoms in total. The predicted octanol–water partition coefficient (Wildman–Crippen LogP) is 3.13. The quantitative estimate of drug-likeness (QED) is 0.678. The summed E-state index contributed by atoms with van der Waals surface area (Å²) in [6.07, 6.45) is 2.80. The molecule has 0 saturated heterocycles. The monoisotopic (exact) mass is 354 g/mol. The number of nitrogens with zero attached hydrogens (tertiary/aromatic N) is 1. The highest BCUT2D eigenvalue weighted by molar-refractivity contribution is 7.94. The Hall–Kier alpha value is -3.24. The van der Waals surface area contributed by atoms with Crippen molar-refractivity contribution in [2.24, 2.45) is 0 Å².